The highest BCUT2D eigenvalue weighted by atomic mass is 16.6. The van der Waals surface area contributed by atoms with E-state index in [2.05, 4.69) is 10.6 Å². The molecule has 0 radical (unpaired) electrons. The molecule has 3 N–H and O–H groups in total. The Morgan fingerprint density at radius 1 is 1.45 bits per heavy atom. The summed E-state index contributed by atoms with van der Waals surface area (Å²) in [5.41, 5.74) is -0.143. The predicted octanol–water partition coefficient (Wildman–Crippen LogP) is 1.23. The smallest absolute Gasteiger partial charge is 0.326 e. The van der Waals surface area contributed by atoms with E-state index in [-0.39, 0.29) is 23.4 Å². The van der Waals surface area contributed by atoms with Gasteiger partial charge in [0, 0.05) is 18.7 Å². The second kappa shape index (κ2) is 6.50. The first-order chi connectivity index (χ1) is 9.40. The zero-order chi connectivity index (χ0) is 15.3. The van der Waals surface area contributed by atoms with Gasteiger partial charge < -0.3 is 15.7 Å². The van der Waals surface area contributed by atoms with E-state index < -0.39 is 22.8 Å². The van der Waals surface area contributed by atoms with Gasteiger partial charge in [0.1, 0.15) is 11.7 Å². The summed E-state index contributed by atoms with van der Waals surface area (Å²) in [4.78, 5) is 32.7. The lowest BCUT2D eigenvalue weighted by Gasteiger charge is -2.14. The highest BCUT2D eigenvalue weighted by Gasteiger charge is 2.22. The highest BCUT2D eigenvalue weighted by molar-refractivity contribution is 5.95. The molecule has 108 valence electrons. The molecule has 8 nitrogen and oxygen atoms in total. The van der Waals surface area contributed by atoms with E-state index in [1.807, 2.05) is 0 Å². The average Bonchev–Trinajstić information content (AvgIpc) is 2.43. The summed E-state index contributed by atoms with van der Waals surface area (Å²) in [6.45, 7) is 1.65. The third-order valence-corrected chi connectivity index (χ3v) is 2.72. The van der Waals surface area contributed by atoms with Crippen molar-refractivity contribution < 1.29 is 19.6 Å². The van der Waals surface area contributed by atoms with Crippen LogP contribution in [0.15, 0.2) is 18.2 Å². The molecule has 1 rings (SSSR count). The van der Waals surface area contributed by atoms with Crippen molar-refractivity contribution in [3.63, 3.8) is 0 Å². The summed E-state index contributed by atoms with van der Waals surface area (Å²) < 4.78 is 0. The molecular formula is C12H15N3O5. The quantitative estimate of drug-likeness (QED) is 0.532. The van der Waals surface area contributed by atoms with E-state index in [1.54, 1.807) is 6.92 Å². The number of hydrogen-bond donors (Lipinski definition) is 3. The van der Waals surface area contributed by atoms with Gasteiger partial charge >= 0.3 is 5.97 Å². The fourth-order valence-corrected chi connectivity index (χ4v) is 1.62. The van der Waals surface area contributed by atoms with Gasteiger partial charge in [0.25, 0.3) is 11.6 Å². The molecule has 1 unspecified atom stereocenters. The number of anilines is 1. The third kappa shape index (κ3) is 3.44. The van der Waals surface area contributed by atoms with Gasteiger partial charge in [-0.2, -0.15) is 0 Å². The van der Waals surface area contributed by atoms with E-state index in [0.29, 0.717) is 0 Å². The van der Waals surface area contributed by atoms with Crippen molar-refractivity contribution in [3.05, 3.63) is 33.9 Å². The number of carboxylic acid groups (broad SMARTS) is 1. The van der Waals surface area contributed by atoms with Crippen LogP contribution in [0.2, 0.25) is 0 Å². The van der Waals surface area contributed by atoms with Gasteiger partial charge in [0.15, 0.2) is 0 Å². The van der Waals surface area contributed by atoms with Gasteiger partial charge in [-0.25, -0.2) is 4.79 Å². The van der Waals surface area contributed by atoms with Crippen molar-refractivity contribution in [2.24, 2.45) is 0 Å². The minimum Gasteiger partial charge on any atom is -0.480 e. The van der Waals surface area contributed by atoms with Crippen LogP contribution in [0.4, 0.5) is 11.4 Å². The fourth-order valence-electron chi connectivity index (χ4n) is 1.62. The topological polar surface area (TPSA) is 122 Å². The summed E-state index contributed by atoms with van der Waals surface area (Å²) in [5.74, 6) is -1.55. The number of nitro groups is 1. The van der Waals surface area contributed by atoms with Gasteiger partial charge in [-0.05, 0) is 18.6 Å². The molecule has 1 amide bonds. The average molecular weight is 281 g/mol. The molecule has 1 atom stereocenters. The lowest BCUT2D eigenvalue weighted by atomic mass is 10.1. The maximum Gasteiger partial charge on any atom is 0.326 e. The van der Waals surface area contributed by atoms with E-state index in [4.69, 9.17) is 5.11 Å². The second-order valence-corrected chi connectivity index (χ2v) is 4.01. The first kappa shape index (κ1) is 15.4. The normalized spacial score (nSPS) is 11.5. The van der Waals surface area contributed by atoms with Crippen LogP contribution >= 0.6 is 0 Å². The number of carboxylic acids is 1. The van der Waals surface area contributed by atoms with Gasteiger partial charge in [-0.3, -0.25) is 14.9 Å². The summed E-state index contributed by atoms with van der Waals surface area (Å²) in [6, 6.07) is 2.90. The number of carbonyl (C=O) groups is 2. The van der Waals surface area contributed by atoms with Crippen LogP contribution in [-0.2, 0) is 4.79 Å². The van der Waals surface area contributed by atoms with Crippen molar-refractivity contribution in [3.8, 4) is 0 Å². The molecule has 0 aliphatic heterocycles. The number of nitro benzene ring substituents is 1. The Morgan fingerprint density at radius 2 is 2.10 bits per heavy atom. The first-order valence-electron chi connectivity index (χ1n) is 5.90. The molecule has 0 aromatic heterocycles. The van der Waals surface area contributed by atoms with Crippen molar-refractivity contribution >= 4 is 23.3 Å². The lowest BCUT2D eigenvalue weighted by molar-refractivity contribution is -0.384. The Labute approximate surface area is 114 Å². The molecule has 8 heteroatoms. The number of rotatable bonds is 6. The van der Waals surface area contributed by atoms with E-state index in [1.165, 1.54) is 19.2 Å². The van der Waals surface area contributed by atoms with E-state index >= 15 is 0 Å². The molecule has 1 aromatic carbocycles. The zero-order valence-electron chi connectivity index (χ0n) is 11.0. The third-order valence-electron chi connectivity index (χ3n) is 2.72. The van der Waals surface area contributed by atoms with Gasteiger partial charge in [0.2, 0.25) is 0 Å². The molecule has 0 fully saturated rings. The second-order valence-electron chi connectivity index (χ2n) is 4.01. The number of benzene rings is 1. The minimum absolute atomic E-state index is 0.0666. The SMILES string of the molecule is CCC(Nc1ccc(C(=O)NC)cc1[N+](=O)[O-])C(=O)O. The Kier molecular flexibility index (Phi) is 5.01. The fraction of sp³-hybridized carbons (Fsp3) is 0.333. The van der Waals surface area contributed by atoms with Gasteiger partial charge in [-0.15, -0.1) is 0 Å². The summed E-state index contributed by atoms with van der Waals surface area (Å²) >= 11 is 0. The van der Waals surface area contributed by atoms with Gasteiger partial charge in [-0.1, -0.05) is 6.92 Å². The van der Waals surface area contributed by atoms with Crippen LogP contribution in [0.25, 0.3) is 0 Å². The Morgan fingerprint density at radius 3 is 2.55 bits per heavy atom. The van der Waals surface area contributed by atoms with E-state index in [0.717, 1.165) is 6.07 Å². The van der Waals surface area contributed by atoms with E-state index in [9.17, 15) is 19.7 Å². The predicted molar refractivity (Wildman–Crippen MR) is 71.8 cm³/mol. The standard InChI is InChI=1S/C12H15N3O5/c1-3-8(12(17)18)14-9-5-4-7(11(16)13-2)6-10(9)15(19)20/h4-6,8,14H,3H2,1-2H3,(H,13,16)(H,17,18). The molecule has 0 aliphatic carbocycles. The number of hydrogen-bond acceptors (Lipinski definition) is 5. The Balaban J connectivity index is 3.17. The molecule has 0 aliphatic rings. The molecule has 20 heavy (non-hydrogen) atoms. The number of amides is 1. The van der Waals surface area contributed by atoms with Crippen LogP contribution < -0.4 is 10.6 Å². The molecule has 0 bridgehead atoms. The summed E-state index contributed by atoms with van der Waals surface area (Å²) in [6.07, 6.45) is 0.268. The minimum atomic E-state index is -1.10. The van der Waals surface area contributed by atoms with Crippen molar-refractivity contribution in [1.29, 1.82) is 0 Å². The monoisotopic (exact) mass is 281 g/mol. The first-order valence-corrected chi connectivity index (χ1v) is 5.90. The maximum absolute atomic E-state index is 11.4. The number of nitrogens with zero attached hydrogens (tertiary/aromatic N) is 1. The number of nitrogens with one attached hydrogen (secondary N) is 2. The molecule has 0 spiro atoms. The van der Waals surface area contributed by atoms with Crippen LogP contribution in [0, 0.1) is 10.1 Å². The van der Waals surface area contributed by atoms with Crippen LogP contribution in [-0.4, -0.2) is 35.0 Å². The molecular weight excluding hydrogens is 266 g/mol. The summed E-state index contributed by atoms with van der Waals surface area (Å²) in [5, 5.41) is 24.9. The number of aliphatic carboxylic acids is 1. The highest BCUT2D eigenvalue weighted by Crippen LogP contribution is 2.26. The molecule has 1 aromatic rings. The number of carbonyl (C=O) groups excluding carboxylic acids is 1. The molecule has 0 heterocycles. The largest absolute Gasteiger partial charge is 0.480 e. The van der Waals surface area contributed by atoms with Crippen molar-refractivity contribution in [1.82, 2.24) is 5.32 Å². The Bertz CT molecular complexity index is 544. The van der Waals surface area contributed by atoms with Crippen LogP contribution in [0.5, 0.6) is 0 Å². The molecule has 0 saturated carbocycles. The summed E-state index contributed by atoms with van der Waals surface area (Å²) in [7, 11) is 1.41. The van der Waals surface area contributed by atoms with Crippen molar-refractivity contribution in [2.45, 2.75) is 19.4 Å². The Hall–Kier alpha value is -2.64. The van der Waals surface area contributed by atoms with Crippen LogP contribution in [0.1, 0.15) is 23.7 Å². The zero-order valence-corrected chi connectivity index (χ0v) is 11.0. The van der Waals surface area contributed by atoms with Gasteiger partial charge in [0.05, 0.1) is 4.92 Å². The maximum atomic E-state index is 11.4. The lowest BCUT2D eigenvalue weighted by Crippen LogP contribution is -2.28. The van der Waals surface area contributed by atoms with Crippen LogP contribution in [0.3, 0.4) is 0 Å². The van der Waals surface area contributed by atoms with Crippen molar-refractivity contribution in [2.75, 3.05) is 12.4 Å². The molecule has 0 saturated heterocycles.